The monoisotopic (exact) mass is 323 g/mol. The number of hydrogen-bond donors (Lipinski definition) is 0. The van der Waals surface area contributed by atoms with Crippen molar-refractivity contribution < 1.29 is 8.95 Å². The fourth-order valence-corrected chi connectivity index (χ4v) is 3.73. The van der Waals surface area contributed by atoms with Gasteiger partial charge in [0.05, 0.1) is 11.4 Å². The van der Waals surface area contributed by atoms with Crippen molar-refractivity contribution in [1.82, 2.24) is 9.97 Å². The molecular formula is C17H13N3O2S. The number of ether oxygens (including phenoxy) is 1. The Morgan fingerprint density at radius 3 is 2.61 bits per heavy atom. The highest BCUT2D eigenvalue weighted by molar-refractivity contribution is 7.86. The molecular weight excluding hydrogens is 310 g/mol. The molecule has 3 aromatic rings. The van der Waals surface area contributed by atoms with Crippen molar-refractivity contribution in [3.63, 3.8) is 0 Å². The third kappa shape index (κ3) is 2.68. The lowest BCUT2D eigenvalue weighted by Crippen LogP contribution is -2.19. The van der Waals surface area contributed by atoms with Gasteiger partial charge < -0.3 is 4.74 Å². The van der Waals surface area contributed by atoms with E-state index in [-0.39, 0.29) is 6.01 Å². The van der Waals surface area contributed by atoms with Crippen LogP contribution in [0.1, 0.15) is 5.56 Å². The molecule has 1 unspecified atom stereocenters. The smallest absolute Gasteiger partial charge is 0.323 e. The standard InChI is InChI=1S/C17H13N3O2S/c21-23-15-9-5-4-6-13(15)12-20(23)16-10-11-18-17(19-16)22-14-7-2-1-3-8-14/h1-11H,12H2. The first-order valence-corrected chi connectivity index (χ1v) is 8.25. The largest absolute Gasteiger partial charge is 0.424 e. The summed E-state index contributed by atoms with van der Waals surface area (Å²) in [5.74, 6) is 1.25. The predicted octanol–water partition coefficient (Wildman–Crippen LogP) is 3.31. The van der Waals surface area contributed by atoms with Gasteiger partial charge in [0.2, 0.25) is 0 Å². The summed E-state index contributed by atoms with van der Waals surface area (Å²) in [6.07, 6.45) is 1.61. The van der Waals surface area contributed by atoms with E-state index in [2.05, 4.69) is 9.97 Å². The summed E-state index contributed by atoms with van der Waals surface area (Å²) in [7, 11) is -1.25. The number of benzene rings is 2. The first kappa shape index (κ1) is 13.9. The molecule has 1 aliphatic heterocycles. The third-order valence-corrected chi connectivity index (χ3v) is 4.99. The molecule has 0 fully saturated rings. The fourth-order valence-electron chi connectivity index (χ4n) is 2.42. The highest BCUT2D eigenvalue weighted by Crippen LogP contribution is 2.31. The fraction of sp³-hybridized carbons (Fsp3) is 0.0588. The summed E-state index contributed by atoms with van der Waals surface area (Å²) in [6.45, 7) is 0.560. The number of anilines is 1. The van der Waals surface area contributed by atoms with Crippen LogP contribution in [-0.4, -0.2) is 14.2 Å². The SMILES string of the molecule is O=S1c2ccccc2CN1c1ccnc(Oc2ccccc2)n1. The van der Waals surface area contributed by atoms with Crippen LogP contribution in [0, 0.1) is 0 Å². The van der Waals surface area contributed by atoms with E-state index in [4.69, 9.17) is 4.74 Å². The minimum atomic E-state index is -1.25. The zero-order valence-electron chi connectivity index (χ0n) is 12.1. The van der Waals surface area contributed by atoms with Crippen LogP contribution in [0.25, 0.3) is 0 Å². The van der Waals surface area contributed by atoms with E-state index < -0.39 is 11.0 Å². The minimum Gasteiger partial charge on any atom is -0.424 e. The Kier molecular flexibility index (Phi) is 3.51. The molecule has 0 amide bonds. The Balaban J connectivity index is 1.62. The van der Waals surface area contributed by atoms with Crippen molar-refractivity contribution in [3.05, 3.63) is 72.4 Å². The number of nitrogens with zero attached hydrogens (tertiary/aromatic N) is 3. The molecule has 23 heavy (non-hydrogen) atoms. The topological polar surface area (TPSA) is 55.3 Å². The molecule has 5 nitrogen and oxygen atoms in total. The second-order valence-corrected chi connectivity index (χ2v) is 6.38. The molecule has 114 valence electrons. The second-order valence-electron chi connectivity index (χ2n) is 5.01. The van der Waals surface area contributed by atoms with Crippen LogP contribution in [0.5, 0.6) is 11.8 Å². The number of rotatable bonds is 3. The zero-order chi connectivity index (χ0) is 15.6. The van der Waals surface area contributed by atoms with Gasteiger partial charge in [-0.2, -0.15) is 4.98 Å². The molecule has 2 aromatic carbocycles. The maximum absolute atomic E-state index is 12.6. The van der Waals surface area contributed by atoms with Crippen LogP contribution in [0.15, 0.2) is 71.8 Å². The van der Waals surface area contributed by atoms with E-state index >= 15 is 0 Å². The lowest BCUT2D eigenvalue weighted by molar-refractivity contribution is 0.442. The number of fused-ring (bicyclic) bond motifs is 1. The summed E-state index contributed by atoms with van der Waals surface area (Å²) < 4.78 is 20.0. The summed E-state index contributed by atoms with van der Waals surface area (Å²) in [6, 6.07) is 19.0. The van der Waals surface area contributed by atoms with Crippen molar-refractivity contribution in [2.45, 2.75) is 11.4 Å². The molecule has 1 atom stereocenters. The molecule has 0 bridgehead atoms. The molecule has 1 aromatic heterocycles. The minimum absolute atomic E-state index is 0.238. The van der Waals surface area contributed by atoms with E-state index in [0.717, 1.165) is 10.5 Å². The second kappa shape index (κ2) is 5.81. The Bertz CT molecular complexity index is 870. The quantitative estimate of drug-likeness (QED) is 0.742. The number of aromatic nitrogens is 2. The van der Waals surface area contributed by atoms with Crippen LogP contribution in [0.3, 0.4) is 0 Å². The van der Waals surface area contributed by atoms with Crippen LogP contribution < -0.4 is 9.04 Å². The third-order valence-electron chi connectivity index (χ3n) is 3.50. The molecule has 0 N–H and O–H groups in total. The predicted molar refractivity (Wildman–Crippen MR) is 87.6 cm³/mol. The lowest BCUT2D eigenvalue weighted by atomic mass is 10.2. The first-order chi connectivity index (χ1) is 11.3. The number of para-hydroxylation sites is 1. The van der Waals surface area contributed by atoms with Crippen molar-refractivity contribution >= 4 is 16.8 Å². The Morgan fingerprint density at radius 1 is 1.00 bits per heavy atom. The highest BCUT2D eigenvalue weighted by Gasteiger charge is 2.28. The molecule has 0 radical (unpaired) electrons. The van der Waals surface area contributed by atoms with Crippen LogP contribution in [-0.2, 0) is 17.5 Å². The first-order valence-electron chi connectivity index (χ1n) is 7.14. The van der Waals surface area contributed by atoms with E-state index in [0.29, 0.717) is 18.1 Å². The number of hydrogen-bond acceptors (Lipinski definition) is 4. The van der Waals surface area contributed by atoms with Gasteiger partial charge in [-0.3, -0.25) is 4.31 Å². The van der Waals surface area contributed by atoms with Gasteiger partial charge in [0.25, 0.3) is 0 Å². The molecule has 6 heteroatoms. The summed E-state index contributed by atoms with van der Waals surface area (Å²) >= 11 is 0. The van der Waals surface area contributed by atoms with Gasteiger partial charge in [-0.15, -0.1) is 0 Å². The van der Waals surface area contributed by atoms with E-state index in [1.165, 1.54) is 0 Å². The van der Waals surface area contributed by atoms with E-state index in [1.807, 2.05) is 54.6 Å². The van der Waals surface area contributed by atoms with E-state index in [9.17, 15) is 4.21 Å². The average Bonchev–Trinajstić information content (AvgIpc) is 2.93. The molecule has 0 saturated carbocycles. The Hall–Kier alpha value is -2.73. The molecule has 0 saturated heterocycles. The van der Waals surface area contributed by atoms with Gasteiger partial charge in [-0.05, 0) is 23.8 Å². The van der Waals surface area contributed by atoms with Gasteiger partial charge in [-0.25, -0.2) is 9.19 Å². The van der Waals surface area contributed by atoms with Crippen LogP contribution in [0.2, 0.25) is 0 Å². The molecule has 2 heterocycles. The maximum Gasteiger partial charge on any atom is 0.323 e. The van der Waals surface area contributed by atoms with Crippen LogP contribution >= 0.6 is 0 Å². The van der Waals surface area contributed by atoms with Crippen molar-refractivity contribution in [2.24, 2.45) is 0 Å². The molecule has 0 aliphatic carbocycles. The maximum atomic E-state index is 12.6. The zero-order valence-corrected chi connectivity index (χ0v) is 12.9. The van der Waals surface area contributed by atoms with E-state index in [1.54, 1.807) is 16.6 Å². The lowest BCUT2D eigenvalue weighted by Gasteiger charge is -2.15. The highest BCUT2D eigenvalue weighted by atomic mass is 32.2. The average molecular weight is 323 g/mol. The molecule has 1 aliphatic rings. The van der Waals surface area contributed by atoms with Crippen LogP contribution in [0.4, 0.5) is 5.82 Å². The molecule has 4 rings (SSSR count). The van der Waals surface area contributed by atoms with Crippen molar-refractivity contribution in [1.29, 1.82) is 0 Å². The van der Waals surface area contributed by atoms with Crippen molar-refractivity contribution in [2.75, 3.05) is 4.31 Å². The Morgan fingerprint density at radius 2 is 1.78 bits per heavy atom. The molecule has 0 spiro atoms. The van der Waals surface area contributed by atoms with Gasteiger partial charge in [0.1, 0.15) is 11.6 Å². The van der Waals surface area contributed by atoms with Crippen molar-refractivity contribution in [3.8, 4) is 11.8 Å². The summed E-state index contributed by atoms with van der Waals surface area (Å²) in [5, 5.41) is 0. The van der Waals surface area contributed by atoms with Gasteiger partial charge in [0.15, 0.2) is 11.0 Å². The summed E-state index contributed by atoms with van der Waals surface area (Å²) in [4.78, 5) is 9.33. The summed E-state index contributed by atoms with van der Waals surface area (Å²) in [5.41, 5.74) is 1.05. The van der Waals surface area contributed by atoms with Gasteiger partial charge >= 0.3 is 6.01 Å². The van der Waals surface area contributed by atoms with Gasteiger partial charge in [-0.1, -0.05) is 36.4 Å². The Labute approximate surface area is 136 Å². The normalized spacial score (nSPS) is 16.2. The van der Waals surface area contributed by atoms with Gasteiger partial charge in [0, 0.05) is 12.3 Å².